The van der Waals surface area contributed by atoms with Crippen LogP contribution in [0, 0.1) is 0 Å². The van der Waals surface area contributed by atoms with E-state index in [1.165, 1.54) is 32.2 Å². The van der Waals surface area contributed by atoms with E-state index >= 15 is 0 Å². The van der Waals surface area contributed by atoms with Gasteiger partial charge >= 0.3 is 0 Å². The van der Waals surface area contributed by atoms with Crippen LogP contribution in [0.3, 0.4) is 0 Å². The highest BCUT2D eigenvalue weighted by Gasteiger charge is 2.20. The maximum Gasteiger partial charge on any atom is 0.261 e. The molecule has 1 atom stereocenters. The summed E-state index contributed by atoms with van der Waals surface area (Å²) in [5, 5.41) is 5.14. The molecule has 37 heavy (non-hydrogen) atoms. The number of benzene rings is 3. The number of nitrogens with zero attached hydrogens (tertiary/aromatic N) is 1. The first-order valence-corrected chi connectivity index (χ1v) is 13.4. The number of nitrogens with one attached hydrogen (secondary N) is 3. The highest BCUT2D eigenvalue weighted by Crippen LogP contribution is 2.29. The molecule has 0 saturated heterocycles. The van der Waals surface area contributed by atoms with Crippen molar-refractivity contribution in [3.05, 3.63) is 66.7 Å². The Morgan fingerprint density at radius 2 is 1.57 bits per heavy atom. The molecule has 0 radical (unpaired) electrons. The Bertz CT molecular complexity index is 1530. The number of aromatic nitrogens is 1. The largest absolute Gasteiger partial charge is 0.497 e. The number of thioether (sulfide) groups is 1. The van der Waals surface area contributed by atoms with Crippen LogP contribution in [0.25, 0.3) is 11.1 Å². The Labute approximate surface area is 217 Å². The Hall–Kier alpha value is -4.03. The molecule has 192 valence electrons. The van der Waals surface area contributed by atoms with Gasteiger partial charge in [-0.05, 0) is 73.7 Å². The summed E-state index contributed by atoms with van der Waals surface area (Å²) in [5.74, 6) is 0.157. The average Bonchev–Trinajstić information content (AvgIpc) is 3.26. The topological polar surface area (TPSA) is 140 Å². The van der Waals surface area contributed by atoms with E-state index in [2.05, 4.69) is 20.3 Å². The molecule has 12 heteroatoms. The number of amides is 2. The fraction of sp³-hybridized carbons (Fsp3) is 0.160. The molecule has 0 aliphatic carbocycles. The van der Waals surface area contributed by atoms with Crippen molar-refractivity contribution in [3.8, 4) is 5.75 Å². The standard InChI is InChI=1S/C25H24N4O6S2/c1-15(24(31)27-18-6-4-17(5-7-18)26-16(2)30)36-25-28-22-14-21(12-13-23(22)35-25)37(32,33)29-19-8-10-20(34-3)11-9-19/h4-15,29H,1-3H3,(H,26,30)(H,27,31). The van der Waals surface area contributed by atoms with Gasteiger partial charge in [-0.15, -0.1) is 0 Å². The van der Waals surface area contributed by atoms with Gasteiger partial charge in [-0.2, -0.15) is 0 Å². The quantitative estimate of drug-likeness (QED) is 0.259. The number of oxazole rings is 1. The van der Waals surface area contributed by atoms with Crippen molar-refractivity contribution < 1.29 is 27.2 Å². The normalized spacial score (nSPS) is 12.1. The van der Waals surface area contributed by atoms with E-state index < -0.39 is 15.3 Å². The van der Waals surface area contributed by atoms with E-state index in [4.69, 9.17) is 9.15 Å². The Kier molecular flexibility index (Phi) is 7.69. The summed E-state index contributed by atoms with van der Waals surface area (Å²) in [6, 6.07) is 17.6. The Balaban J connectivity index is 1.42. The second-order valence-corrected chi connectivity index (χ2v) is 10.9. The van der Waals surface area contributed by atoms with Crippen LogP contribution in [0.4, 0.5) is 17.1 Å². The lowest BCUT2D eigenvalue weighted by Crippen LogP contribution is -2.22. The van der Waals surface area contributed by atoms with Crippen LogP contribution < -0.4 is 20.1 Å². The number of sulfonamides is 1. The summed E-state index contributed by atoms with van der Waals surface area (Å²) in [6.07, 6.45) is 0. The molecule has 1 aromatic heterocycles. The van der Waals surface area contributed by atoms with Crippen LogP contribution in [-0.2, 0) is 19.6 Å². The third-order valence-electron chi connectivity index (χ3n) is 5.11. The van der Waals surface area contributed by atoms with E-state index in [9.17, 15) is 18.0 Å². The van der Waals surface area contributed by atoms with Gasteiger partial charge in [0, 0.05) is 24.0 Å². The van der Waals surface area contributed by atoms with E-state index in [-0.39, 0.29) is 21.9 Å². The second-order valence-electron chi connectivity index (χ2n) is 7.95. The van der Waals surface area contributed by atoms with Gasteiger partial charge in [-0.3, -0.25) is 14.3 Å². The second kappa shape index (κ2) is 10.9. The lowest BCUT2D eigenvalue weighted by atomic mass is 10.2. The van der Waals surface area contributed by atoms with Crippen molar-refractivity contribution >= 4 is 61.8 Å². The van der Waals surface area contributed by atoms with Crippen LogP contribution in [0.15, 0.2) is 81.3 Å². The van der Waals surface area contributed by atoms with Crippen molar-refractivity contribution in [2.45, 2.75) is 29.2 Å². The molecule has 0 fully saturated rings. The maximum atomic E-state index is 12.8. The molecule has 0 saturated carbocycles. The zero-order valence-electron chi connectivity index (χ0n) is 20.1. The molecule has 0 spiro atoms. The van der Waals surface area contributed by atoms with Gasteiger partial charge < -0.3 is 19.8 Å². The maximum absolute atomic E-state index is 12.8. The molecular formula is C25H24N4O6S2. The molecule has 0 aliphatic heterocycles. The van der Waals surface area contributed by atoms with Crippen LogP contribution in [0.1, 0.15) is 13.8 Å². The fourth-order valence-corrected chi connectivity index (χ4v) is 5.10. The van der Waals surface area contributed by atoms with Crippen molar-refractivity contribution in [2.24, 2.45) is 0 Å². The Morgan fingerprint density at radius 1 is 0.946 bits per heavy atom. The molecule has 3 aromatic carbocycles. The third-order valence-corrected chi connectivity index (χ3v) is 7.43. The number of carbonyl (C=O) groups excluding carboxylic acids is 2. The van der Waals surface area contributed by atoms with E-state index in [0.717, 1.165) is 11.8 Å². The summed E-state index contributed by atoms with van der Waals surface area (Å²) in [6.45, 7) is 3.12. The molecule has 1 heterocycles. The number of fused-ring (bicyclic) bond motifs is 1. The zero-order chi connectivity index (χ0) is 26.6. The van der Waals surface area contributed by atoms with Gasteiger partial charge in [0.05, 0.1) is 17.3 Å². The summed E-state index contributed by atoms with van der Waals surface area (Å²) >= 11 is 1.10. The van der Waals surface area contributed by atoms with Gasteiger partial charge in [0.15, 0.2) is 5.58 Å². The summed E-state index contributed by atoms with van der Waals surface area (Å²) in [7, 11) is -2.33. The number of anilines is 3. The van der Waals surface area contributed by atoms with Crippen LogP contribution >= 0.6 is 11.8 Å². The molecule has 4 rings (SSSR count). The van der Waals surface area contributed by atoms with Gasteiger partial charge in [-0.1, -0.05) is 11.8 Å². The molecular weight excluding hydrogens is 516 g/mol. The predicted molar refractivity (Wildman–Crippen MR) is 143 cm³/mol. The number of hydrogen-bond donors (Lipinski definition) is 3. The molecule has 2 amide bonds. The number of hydrogen-bond acceptors (Lipinski definition) is 8. The monoisotopic (exact) mass is 540 g/mol. The van der Waals surface area contributed by atoms with Crippen LogP contribution in [0.2, 0.25) is 0 Å². The minimum atomic E-state index is -3.86. The van der Waals surface area contributed by atoms with Crippen molar-refractivity contribution in [1.29, 1.82) is 0 Å². The minimum Gasteiger partial charge on any atom is -0.497 e. The van der Waals surface area contributed by atoms with Gasteiger partial charge in [0.2, 0.25) is 11.8 Å². The molecule has 0 aliphatic rings. The summed E-state index contributed by atoms with van der Waals surface area (Å²) in [4.78, 5) is 28.1. The molecule has 3 N–H and O–H groups in total. The predicted octanol–water partition coefficient (Wildman–Crippen LogP) is 4.71. The average molecular weight is 541 g/mol. The van der Waals surface area contributed by atoms with Gasteiger partial charge in [0.25, 0.3) is 15.2 Å². The number of ether oxygens (including phenoxy) is 1. The first-order valence-electron chi connectivity index (χ1n) is 11.1. The van der Waals surface area contributed by atoms with Crippen molar-refractivity contribution in [2.75, 3.05) is 22.5 Å². The fourth-order valence-electron chi connectivity index (χ4n) is 3.27. The Morgan fingerprint density at radius 3 is 2.19 bits per heavy atom. The highest BCUT2D eigenvalue weighted by atomic mass is 32.2. The highest BCUT2D eigenvalue weighted by molar-refractivity contribution is 8.00. The van der Waals surface area contributed by atoms with E-state index in [1.54, 1.807) is 55.5 Å². The first-order chi connectivity index (χ1) is 17.6. The first kappa shape index (κ1) is 26.0. The molecule has 10 nitrogen and oxygen atoms in total. The van der Waals surface area contributed by atoms with Crippen molar-refractivity contribution in [3.63, 3.8) is 0 Å². The molecule has 0 bridgehead atoms. The van der Waals surface area contributed by atoms with Crippen LogP contribution in [0.5, 0.6) is 5.75 Å². The number of rotatable bonds is 9. The third kappa shape index (κ3) is 6.60. The smallest absolute Gasteiger partial charge is 0.261 e. The summed E-state index contributed by atoms with van der Waals surface area (Å²) < 4.78 is 39.0. The zero-order valence-corrected chi connectivity index (χ0v) is 21.8. The van der Waals surface area contributed by atoms with Gasteiger partial charge in [0.1, 0.15) is 11.3 Å². The lowest BCUT2D eigenvalue weighted by Gasteiger charge is -2.10. The number of carbonyl (C=O) groups is 2. The number of methoxy groups -OCH3 is 1. The molecule has 4 aromatic rings. The minimum absolute atomic E-state index is 0.0224. The summed E-state index contributed by atoms with van der Waals surface area (Å²) in [5.41, 5.74) is 2.33. The van der Waals surface area contributed by atoms with Crippen molar-refractivity contribution in [1.82, 2.24) is 4.98 Å². The lowest BCUT2D eigenvalue weighted by molar-refractivity contribution is -0.115. The van der Waals surface area contributed by atoms with Gasteiger partial charge in [-0.25, -0.2) is 13.4 Å². The van der Waals surface area contributed by atoms with Crippen LogP contribution in [-0.4, -0.2) is 37.6 Å². The van der Waals surface area contributed by atoms with E-state index in [1.807, 2.05) is 0 Å². The molecule has 1 unspecified atom stereocenters. The SMILES string of the molecule is COc1ccc(NS(=O)(=O)c2ccc3oc(SC(C)C(=O)Nc4ccc(NC(C)=O)cc4)nc3c2)cc1. The van der Waals surface area contributed by atoms with E-state index in [0.29, 0.717) is 33.9 Å².